The van der Waals surface area contributed by atoms with Crippen LogP contribution in [0.4, 0.5) is 0 Å². The van der Waals surface area contributed by atoms with Crippen LogP contribution < -0.4 is 15.4 Å². The molecule has 128 valence electrons. The Morgan fingerprint density at radius 3 is 2.74 bits per heavy atom. The van der Waals surface area contributed by atoms with Gasteiger partial charge in [0, 0.05) is 31.6 Å². The predicted molar refractivity (Wildman–Crippen MR) is 91.6 cm³/mol. The minimum absolute atomic E-state index is 0. The van der Waals surface area contributed by atoms with Crippen LogP contribution in [-0.4, -0.2) is 46.8 Å². The van der Waals surface area contributed by atoms with Crippen LogP contribution in [-0.2, 0) is 14.8 Å². The predicted octanol–water partition coefficient (Wildman–Crippen LogP) is 0.263. The highest BCUT2D eigenvalue weighted by Crippen LogP contribution is 2.22. The second kappa shape index (κ2) is 8.85. The lowest BCUT2D eigenvalue weighted by atomic mass is 10.2. The van der Waals surface area contributed by atoms with Gasteiger partial charge in [-0.1, -0.05) is 12.1 Å². The average molecular weight is 361 g/mol. The van der Waals surface area contributed by atoms with E-state index < -0.39 is 10.0 Å². The van der Waals surface area contributed by atoms with E-state index >= 15 is 0 Å². The van der Waals surface area contributed by atoms with Crippen molar-refractivity contribution in [1.82, 2.24) is 15.4 Å². The summed E-state index contributed by atoms with van der Waals surface area (Å²) in [7, 11) is -1.67. The molecule has 1 heterocycles. The second-order valence-electron chi connectivity index (χ2n) is 4.89. The summed E-state index contributed by atoms with van der Waals surface area (Å²) in [6.45, 7) is 1.72. The Labute approximate surface area is 142 Å². The van der Waals surface area contributed by atoms with Crippen LogP contribution in [0, 0.1) is 0 Å². The number of halogens is 1. The van der Waals surface area contributed by atoms with Crippen molar-refractivity contribution in [1.29, 1.82) is 0 Å². The maximum atomic E-state index is 11.9. The van der Waals surface area contributed by atoms with Gasteiger partial charge in [-0.25, -0.2) is 8.42 Å². The summed E-state index contributed by atoms with van der Waals surface area (Å²) < 4.78 is 26.2. The summed E-state index contributed by atoms with van der Waals surface area (Å²) in [4.78, 5) is 16.0. The van der Waals surface area contributed by atoms with Gasteiger partial charge in [0.05, 0.1) is 4.90 Å². The number of sulfonamides is 1. The molecule has 0 atom stereocenters. The molecule has 0 bridgehead atoms. The first-order valence-corrected chi connectivity index (χ1v) is 8.61. The van der Waals surface area contributed by atoms with E-state index in [4.69, 9.17) is 0 Å². The topological polar surface area (TPSA) is 99.7 Å². The molecule has 9 heteroatoms. The van der Waals surface area contributed by atoms with Gasteiger partial charge in [-0.05, 0) is 25.6 Å². The highest BCUT2D eigenvalue weighted by atomic mass is 35.5. The first-order valence-electron chi connectivity index (χ1n) is 7.12. The van der Waals surface area contributed by atoms with Crippen molar-refractivity contribution in [3.63, 3.8) is 0 Å². The van der Waals surface area contributed by atoms with Gasteiger partial charge in [-0.15, -0.1) is 12.4 Å². The molecule has 0 saturated heterocycles. The van der Waals surface area contributed by atoms with Gasteiger partial charge in [0.1, 0.15) is 5.84 Å². The van der Waals surface area contributed by atoms with Crippen LogP contribution in [0.2, 0.25) is 0 Å². The standard InChI is InChI=1S/C14H20N4O3S.ClH/c1-15-9-10-16-13(19)7-4-8-17-14-11-5-2-3-6-12(11)22(20,21)18-14;/h2-3,5-6,15H,4,7-10H2,1H3,(H,16,19)(H,17,18);1H. The van der Waals surface area contributed by atoms with Gasteiger partial charge in [-0.2, -0.15) is 0 Å². The van der Waals surface area contributed by atoms with Crippen molar-refractivity contribution in [2.75, 3.05) is 26.7 Å². The van der Waals surface area contributed by atoms with Crippen LogP contribution in [0.3, 0.4) is 0 Å². The van der Waals surface area contributed by atoms with Gasteiger partial charge < -0.3 is 10.6 Å². The van der Waals surface area contributed by atoms with Gasteiger partial charge in [-0.3, -0.25) is 14.5 Å². The van der Waals surface area contributed by atoms with Gasteiger partial charge in [0.25, 0.3) is 10.0 Å². The molecule has 1 aliphatic heterocycles. The number of rotatable bonds is 7. The molecular formula is C14H21ClN4O3S. The Bertz CT molecular complexity index is 676. The fourth-order valence-corrected chi connectivity index (χ4v) is 3.35. The van der Waals surface area contributed by atoms with E-state index in [1.165, 1.54) is 0 Å². The molecule has 1 aliphatic rings. The number of likely N-dealkylation sites (N-methyl/N-ethyl adjacent to an activating group) is 1. The number of benzene rings is 1. The fourth-order valence-electron chi connectivity index (χ4n) is 2.10. The minimum atomic E-state index is -3.49. The van der Waals surface area contributed by atoms with E-state index in [9.17, 15) is 13.2 Å². The van der Waals surface area contributed by atoms with Crippen LogP contribution in [0.25, 0.3) is 0 Å². The third-order valence-corrected chi connectivity index (χ3v) is 4.59. The van der Waals surface area contributed by atoms with Crippen LogP contribution in [0.15, 0.2) is 34.2 Å². The zero-order chi connectivity index (χ0) is 16.0. The third kappa shape index (κ3) is 5.19. The molecule has 0 aromatic heterocycles. The lowest BCUT2D eigenvalue weighted by Gasteiger charge is -2.03. The number of amides is 1. The first kappa shape index (κ1) is 19.4. The molecule has 0 spiro atoms. The molecule has 0 radical (unpaired) electrons. The number of hydrogen-bond donors (Lipinski definition) is 3. The Morgan fingerprint density at radius 1 is 1.26 bits per heavy atom. The van der Waals surface area contributed by atoms with E-state index in [0.717, 1.165) is 6.54 Å². The number of nitrogens with one attached hydrogen (secondary N) is 3. The number of aliphatic imine (C=N–C) groups is 1. The quantitative estimate of drug-likeness (QED) is 0.607. The smallest absolute Gasteiger partial charge is 0.263 e. The zero-order valence-electron chi connectivity index (χ0n) is 12.8. The fraction of sp³-hybridized carbons (Fsp3) is 0.429. The number of carbonyl (C=O) groups is 1. The number of fused-ring (bicyclic) bond motifs is 1. The monoisotopic (exact) mass is 360 g/mol. The SMILES string of the molecule is CNCCNC(=O)CCCN=C1NS(=O)(=O)c2ccccc21.Cl. The van der Waals surface area contributed by atoms with E-state index in [1.54, 1.807) is 24.3 Å². The van der Waals surface area contributed by atoms with Crippen LogP contribution >= 0.6 is 12.4 Å². The zero-order valence-corrected chi connectivity index (χ0v) is 14.5. The molecule has 1 aromatic rings. The lowest BCUT2D eigenvalue weighted by Crippen LogP contribution is -2.30. The number of carbonyl (C=O) groups excluding carboxylic acids is 1. The summed E-state index contributed by atoms with van der Waals surface area (Å²) in [5.41, 5.74) is 0.584. The largest absolute Gasteiger partial charge is 0.355 e. The molecule has 1 aromatic carbocycles. The number of amidine groups is 1. The third-order valence-electron chi connectivity index (χ3n) is 3.19. The van der Waals surface area contributed by atoms with E-state index in [0.29, 0.717) is 37.3 Å². The molecule has 0 saturated carbocycles. The second-order valence-corrected chi connectivity index (χ2v) is 6.54. The maximum Gasteiger partial charge on any atom is 0.263 e. The molecule has 0 aliphatic carbocycles. The molecule has 23 heavy (non-hydrogen) atoms. The van der Waals surface area contributed by atoms with Crippen molar-refractivity contribution in [2.45, 2.75) is 17.7 Å². The molecular weight excluding hydrogens is 340 g/mol. The minimum Gasteiger partial charge on any atom is -0.355 e. The normalized spacial score (nSPS) is 16.3. The van der Waals surface area contributed by atoms with Crippen molar-refractivity contribution in [3.8, 4) is 0 Å². The number of hydrogen-bond acceptors (Lipinski definition) is 5. The summed E-state index contributed by atoms with van der Waals surface area (Å²) in [6.07, 6.45) is 0.938. The van der Waals surface area contributed by atoms with E-state index in [1.807, 2.05) is 7.05 Å². The van der Waals surface area contributed by atoms with Gasteiger partial charge >= 0.3 is 0 Å². The molecule has 1 amide bonds. The summed E-state index contributed by atoms with van der Waals surface area (Å²) >= 11 is 0. The van der Waals surface area contributed by atoms with Crippen molar-refractivity contribution in [2.24, 2.45) is 4.99 Å². The summed E-state index contributed by atoms with van der Waals surface area (Å²) in [5, 5.41) is 5.72. The summed E-state index contributed by atoms with van der Waals surface area (Å²) in [6, 6.07) is 6.72. The Hall–Kier alpha value is -1.64. The Kier molecular flexibility index (Phi) is 7.47. The Balaban J connectivity index is 0.00000264. The number of nitrogens with zero attached hydrogens (tertiary/aromatic N) is 1. The molecule has 0 fully saturated rings. The van der Waals surface area contributed by atoms with Gasteiger partial charge in [0.2, 0.25) is 5.91 Å². The lowest BCUT2D eigenvalue weighted by molar-refractivity contribution is -0.121. The van der Waals surface area contributed by atoms with Crippen molar-refractivity contribution >= 4 is 34.2 Å². The first-order chi connectivity index (χ1) is 10.5. The highest BCUT2D eigenvalue weighted by molar-refractivity contribution is 7.90. The molecule has 3 N–H and O–H groups in total. The van der Waals surface area contributed by atoms with Crippen molar-refractivity contribution < 1.29 is 13.2 Å². The van der Waals surface area contributed by atoms with Crippen LogP contribution in [0.5, 0.6) is 0 Å². The Morgan fingerprint density at radius 2 is 2.00 bits per heavy atom. The van der Waals surface area contributed by atoms with Gasteiger partial charge in [0.15, 0.2) is 0 Å². The van der Waals surface area contributed by atoms with Crippen LogP contribution in [0.1, 0.15) is 18.4 Å². The summed E-state index contributed by atoms with van der Waals surface area (Å²) in [5.74, 6) is 0.328. The molecule has 0 unspecified atom stereocenters. The highest BCUT2D eigenvalue weighted by Gasteiger charge is 2.29. The molecule has 7 nitrogen and oxygen atoms in total. The molecule has 2 rings (SSSR count). The average Bonchev–Trinajstić information content (AvgIpc) is 2.76. The maximum absolute atomic E-state index is 11.9. The van der Waals surface area contributed by atoms with E-state index in [-0.39, 0.29) is 23.2 Å². The van der Waals surface area contributed by atoms with Crippen molar-refractivity contribution in [3.05, 3.63) is 29.8 Å². The van der Waals surface area contributed by atoms with E-state index in [2.05, 4.69) is 20.3 Å².